The van der Waals surface area contributed by atoms with Gasteiger partial charge in [0, 0.05) is 11.3 Å². The minimum atomic E-state index is -3.66. The number of anilines is 1. The molecule has 31 heavy (non-hydrogen) atoms. The second-order valence-electron chi connectivity index (χ2n) is 6.46. The van der Waals surface area contributed by atoms with Crippen LogP contribution in [0.1, 0.15) is 0 Å². The number of nitrogens with one attached hydrogen (secondary N) is 1. The molecule has 0 unspecified atom stereocenters. The standard InChI is InChI=1S/C22H19N3O5S/c1-28-19-10-6-9-18(20(19)29-2)22-23-21(24-30-22)15-11-13-16(14-12-15)25-31(26,27)17-7-4-3-5-8-17/h3-14,25H,1-2H3. The van der Waals surface area contributed by atoms with Gasteiger partial charge in [-0.3, -0.25) is 4.72 Å². The number of sulfonamides is 1. The first-order valence-corrected chi connectivity index (χ1v) is 10.7. The molecule has 158 valence electrons. The third kappa shape index (κ3) is 4.22. The molecule has 0 saturated heterocycles. The van der Waals surface area contributed by atoms with E-state index in [-0.39, 0.29) is 10.8 Å². The molecular formula is C22H19N3O5S. The van der Waals surface area contributed by atoms with Gasteiger partial charge in [0.05, 0.1) is 24.7 Å². The van der Waals surface area contributed by atoms with Gasteiger partial charge in [-0.1, -0.05) is 29.4 Å². The lowest BCUT2D eigenvalue weighted by Gasteiger charge is -2.09. The number of aromatic nitrogens is 2. The number of benzene rings is 3. The molecular weight excluding hydrogens is 418 g/mol. The monoisotopic (exact) mass is 437 g/mol. The molecule has 1 N–H and O–H groups in total. The summed E-state index contributed by atoms with van der Waals surface area (Å²) in [4.78, 5) is 4.62. The first-order valence-electron chi connectivity index (χ1n) is 9.25. The number of hydrogen-bond donors (Lipinski definition) is 1. The summed E-state index contributed by atoms with van der Waals surface area (Å²) < 4.78 is 43.6. The van der Waals surface area contributed by atoms with Crippen molar-refractivity contribution in [3.8, 4) is 34.3 Å². The average molecular weight is 437 g/mol. The van der Waals surface area contributed by atoms with Crippen LogP contribution >= 0.6 is 0 Å². The second-order valence-corrected chi connectivity index (χ2v) is 8.14. The molecule has 8 nitrogen and oxygen atoms in total. The van der Waals surface area contributed by atoms with E-state index in [4.69, 9.17) is 14.0 Å². The topological polar surface area (TPSA) is 104 Å². The normalized spacial score (nSPS) is 11.2. The van der Waals surface area contributed by atoms with Crippen molar-refractivity contribution in [2.24, 2.45) is 0 Å². The molecule has 4 aromatic rings. The molecule has 0 spiro atoms. The van der Waals surface area contributed by atoms with Gasteiger partial charge in [-0.2, -0.15) is 4.98 Å². The van der Waals surface area contributed by atoms with Crippen molar-refractivity contribution in [2.45, 2.75) is 4.90 Å². The molecule has 0 aliphatic carbocycles. The van der Waals surface area contributed by atoms with Crippen molar-refractivity contribution in [1.82, 2.24) is 10.1 Å². The van der Waals surface area contributed by atoms with Crippen molar-refractivity contribution in [1.29, 1.82) is 0 Å². The molecule has 0 fully saturated rings. The lowest BCUT2D eigenvalue weighted by Crippen LogP contribution is -2.12. The number of hydrogen-bond acceptors (Lipinski definition) is 7. The first-order chi connectivity index (χ1) is 15.0. The molecule has 0 bridgehead atoms. The SMILES string of the molecule is COc1cccc(-c2nc(-c3ccc(NS(=O)(=O)c4ccccc4)cc3)no2)c1OC. The van der Waals surface area contributed by atoms with Crippen molar-refractivity contribution in [2.75, 3.05) is 18.9 Å². The number of ether oxygens (including phenoxy) is 2. The molecule has 4 rings (SSSR count). The zero-order valence-electron chi connectivity index (χ0n) is 16.8. The molecule has 0 amide bonds. The van der Waals surface area contributed by atoms with Gasteiger partial charge >= 0.3 is 0 Å². The van der Waals surface area contributed by atoms with Gasteiger partial charge in [-0.15, -0.1) is 0 Å². The molecule has 0 saturated carbocycles. The Kier molecular flexibility index (Phi) is 5.59. The first kappa shape index (κ1) is 20.4. The molecule has 3 aromatic carbocycles. The van der Waals surface area contributed by atoms with Gasteiger partial charge < -0.3 is 14.0 Å². The summed E-state index contributed by atoms with van der Waals surface area (Å²) in [6, 6.07) is 20.2. The highest BCUT2D eigenvalue weighted by molar-refractivity contribution is 7.92. The molecule has 0 radical (unpaired) electrons. The Labute approximate surface area is 179 Å². The molecule has 1 aromatic heterocycles. The molecule has 9 heteroatoms. The highest BCUT2D eigenvalue weighted by Crippen LogP contribution is 2.37. The van der Waals surface area contributed by atoms with Gasteiger partial charge in [-0.05, 0) is 48.5 Å². The maximum Gasteiger partial charge on any atom is 0.262 e. The summed E-state index contributed by atoms with van der Waals surface area (Å²) in [5.74, 6) is 1.68. The van der Waals surface area contributed by atoms with Gasteiger partial charge in [0.2, 0.25) is 5.82 Å². The molecule has 1 heterocycles. The fraction of sp³-hybridized carbons (Fsp3) is 0.0909. The van der Waals surface area contributed by atoms with Crippen LogP contribution in [0, 0.1) is 0 Å². The summed E-state index contributed by atoms with van der Waals surface area (Å²) in [6.07, 6.45) is 0. The van der Waals surface area contributed by atoms with Gasteiger partial charge in [0.1, 0.15) is 0 Å². The van der Waals surface area contributed by atoms with E-state index in [2.05, 4.69) is 14.9 Å². The number of nitrogens with zero attached hydrogens (tertiary/aromatic N) is 2. The van der Waals surface area contributed by atoms with Crippen LogP contribution in [0.15, 0.2) is 82.2 Å². The summed E-state index contributed by atoms with van der Waals surface area (Å²) in [7, 11) is -0.577. The Morgan fingerprint density at radius 3 is 2.29 bits per heavy atom. The van der Waals surface area contributed by atoms with E-state index >= 15 is 0 Å². The van der Waals surface area contributed by atoms with E-state index in [0.717, 1.165) is 0 Å². The zero-order valence-corrected chi connectivity index (χ0v) is 17.6. The summed E-state index contributed by atoms with van der Waals surface area (Å²) >= 11 is 0. The summed E-state index contributed by atoms with van der Waals surface area (Å²) in [5, 5.41) is 4.02. The van der Waals surface area contributed by atoms with Gasteiger partial charge in [0.25, 0.3) is 15.9 Å². The number of methoxy groups -OCH3 is 2. The van der Waals surface area contributed by atoms with Crippen molar-refractivity contribution < 1.29 is 22.4 Å². The van der Waals surface area contributed by atoms with Gasteiger partial charge in [-0.25, -0.2) is 8.42 Å². The van der Waals surface area contributed by atoms with Crippen LogP contribution in [0.5, 0.6) is 11.5 Å². The smallest absolute Gasteiger partial charge is 0.262 e. The Balaban J connectivity index is 1.57. The Hall–Kier alpha value is -3.85. The fourth-order valence-electron chi connectivity index (χ4n) is 3.01. The van der Waals surface area contributed by atoms with E-state index in [1.165, 1.54) is 19.2 Å². The molecule has 0 atom stereocenters. The predicted molar refractivity (Wildman–Crippen MR) is 116 cm³/mol. The predicted octanol–water partition coefficient (Wildman–Crippen LogP) is 4.22. The van der Waals surface area contributed by atoms with Crippen LogP contribution in [0.2, 0.25) is 0 Å². The quantitative estimate of drug-likeness (QED) is 0.462. The highest BCUT2D eigenvalue weighted by atomic mass is 32.2. The highest BCUT2D eigenvalue weighted by Gasteiger charge is 2.18. The summed E-state index contributed by atoms with van der Waals surface area (Å²) in [5.41, 5.74) is 1.69. The Bertz CT molecular complexity index is 1290. The van der Waals surface area contributed by atoms with E-state index in [1.807, 2.05) is 0 Å². The van der Waals surface area contributed by atoms with E-state index in [9.17, 15) is 8.42 Å². The minimum absolute atomic E-state index is 0.189. The van der Waals surface area contributed by atoms with Crippen LogP contribution in [-0.4, -0.2) is 32.8 Å². The lowest BCUT2D eigenvalue weighted by molar-refractivity contribution is 0.353. The van der Waals surface area contributed by atoms with Crippen LogP contribution in [0.4, 0.5) is 5.69 Å². The van der Waals surface area contributed by atoms with Crippen molar-refractivity contribution in [3.05, 3.63) is 72.8 Å². The van der Waals surface area contributed by atoms with Crippen LogP contribution < -0.4 is 14.2 Å². The van der Waals surface area contributed by atoms with Crippen LogP contribution in [0.3, 0.4) is 0 Å². The third-order valence-corrected chi connectivity index (χ3v) is 5.91. The van der Waals surface area contributed by atoms with Crippen molar-refractivity contribution in [3.63, 3.8) is 0 Å². The van der Waals surface area contributed by atoms with Gasteiger partial charge in [0.15, 0.2) is 11.5 Å². The van der Waals surface area contributed by atoms with E-state index in [0.29, 0.717) is 34.1 Å². The van der Waals surface area contributed by atoms with E-state index < -0.39 is 10.0 Å². The lowest BCUT2D eigenvalue weighted by atomic mass is 10.1. The second kappa shape index (κ2) is 8.49. The Morgan fingerprint density at radius 1 is 0.871 bits per heavy atom. The Morgan fingerprint density at radius 2 is 1.61 bits per heavy atom. The third-order valence-electron chi connectivity index (χ3n) is 4.51. The molecule has 0 aliphatic rings. The fourth-order valence-corrected chi connectivity index (χ4v) is 4.09. The largest absolute Gasteiger partial charge is 0.493 e. The summed E-state index contributed by atoms with van der Waals surface area (Å²) in [6.45, 7) is 0. The number of para-hydroxylation sites is 1. The average Bonchev–Trinajstić information content (AvgIpc) is 3.29. The molecule has 0 aliphatic heterocycles. The van der Waals surface area contributed by atoms with Crippen molar-refractivity contribution >= 4 is 15.7 Å². The maximum absolute atomic E-state index is 12.5. The van der Waals surface area contributed by atoms with Crippen LogP contribution in [0.25, 0.3) is 22.8 Å². The van der Waals surface area contributed by atoms with E-state index in [1.54, 1.807) is 67.8 Å². The maximum atomic E-state index is 12.5. The zero-order chi connectivity index (χ0) is 21.8. The van der Waals surface area contributed by atoms with Crippen LogP contribution in [-0.2, 0) is 10.0 Å². The minimum Gasteiger partial charge on any atom is -0.493 e. The number of rotatable bonds is 7.